The van der Waals surface area contributed by atoms with Gasteiger partial charge in [0.2, 0.25) is 11.8 Å². The highest BCUT2D eigenvalue weighted by atomic mass is 35.5. The molecule has 0 aliphatic carbocycles. The number of halogens is 1. The molecule has 4 aliphatic rings. The van der Waals surface area contributed by atoms with E-state index in [1.807, 2.05) is 56.0 Å². The van der Waals surface area contributed by atoms with Crippen molar-refractivity contribution < 1.29 is 19.5 Å². The van der Waals surface area contributed by atoms with Gasteiger partial charge in [0, 0.05) is 35.6 Å². The number of hydrogen-bond donors (Lipinski definition) is 1. The van der Waals surface area contributed by atoms with Crippen molar-refractivity contribution in [3.05, 3.63) is 53.6 Å². The van der Waals surface area contributed by atoms with Crippen molar-refractivity contribution in [1.82, 2.24) is 9.80 Å². The van der Waals surface area contributed by atoms with Gasteiger partial charge in [-0.25, -0.2) is 0 Å². The fraction of sp³-hybridized carbons (Fsp3) is 0.552. The maximum atomic E-state index is 14.5. The van der Waals surface area contributed by atoms with Crippen molar-refractivity contribution in [2.45, 2.75) is 55.7 Å². The lowest BCUT2D eigenvalue weighted by Gasteiger charge is -2.40. The summed E-state index contributed by atoms with van der Waals surface area (Å²) in [6.07, 6.45) is 9.64. The first kappa shape index (κ1) is 27.3. The Labute approximate surface area is 233 Å². The topological polar surface area (TPSA) is 81.2 Å². The lowest BCUT2D eigenvalue weighted by Crippen LogP contribution is -2.58. The molecule has 1 N–H and O–H groups in total. The summed E-state index contributed by atoms with van der Waals surface area (Å²) in [5.74, 6) is -1.67. The molecule has 7 nitrogen and oxygen atoms in total. The van der Waals surface area contributed by atoms with Gasteiger partial charge in [0.05, 0.1) is 29.2 Å². The van der Waals surface area contributed by atoms with E-state index in [4.69, 9.17) is 11.6 Å². The van der Waals surface area contributed by atoms with Gasteiger partial charge in [0.15, 0.2) is 0 Å². The van der Waals surface area contributed by atoms with E-state index < -0.39 is 28.7 Å². The van der Waals surface area contributed by atoms with E-state index in [-0.39, 0.29) is 35.5 Å². The zero-order chi connectivity index (χ0) is 27.2. The summed E-state index contributed by atoms with van der Waals surface area (Å²) >= 11 is 7.69. The van der Waals surface area contributed by atoms with Gasteiger partial charge >= 0.3 is 0 Å². The minimum atomic E-state index is -0.902. The molecule has 1 aromatic rings. The van der Waals surface area contributed by atoms with E-state index in [0.717, 1.165) is 12.8 Å². The van der Waals surface area contributed by atoms with E-state index in [1.165, 1.54) is 0 Å². The zero-order valence-corrected chi connectivity index (χ0v) is 23.7. The number of fused-ring (bicyclic) bond motifs is 2. The monoisotopic (exact) mass is 557 g/mol. The Bertz CT molecular complexity index is 1160. The molecular formula is C29H36ClN3O4S. The highest BCUT2D eigenvalue weighted by Gasteiger charge is 2.72. The molecule has 1 unspecified atom stereocenters. The second-order valence-electron chi connectivity index (χ2n) is 10.8. The molecule has 1 aromatic carbocycles. The van der Waals surface area contributed by atoms with E-state index in [9.17, 15) is 19.5 Å². The second kappa shape index (κ2) is 10.7. The number of likely N-dealkylation sites (tertiary alicyclic amines) is 1. The number of aliphatic hydroxyl groups excluding tert-OH is 1. The number of amides is 3. The van der Waals surface area contributed by atoms with Crippen LogP contribution >= 0.6 is 23.4 Å². The van der Waals surface area contributed by atoms with Crippen LogP contribution in [0.3, 0.4) is 0 Å². The number of benzene rings is 1. The van der Waals surface area contributed by atoms with Gasteiger partial charge in [0.25, 0.3) is 5.91 Å². The lowest BCUT2D eigenvalue weighted by molar-refractivity contribution is -0.145. The Kier molecular flexibility index (Phi) is 7.68. The van der Waals surface area contributed by atoms with E-state index in [1.54, 1.807) is 33.7 Å². The largest absolute Gasteiger partial charge is 0.394 e. The number of carbonyl (C=O) groups excluding carboxylic acids is 3. The Balaban J connectivity index is 1.64. The predicted molar refractivity (Wildman–Crippen MR) is 151 cm³/mol. The molecule has 2 saturated heterocycles. The molecule has 4 aliphatic heterocycles. The number of anilines is 1. The quantitative estimate of drug-likeness (QED) is 0.516. The Morgan fingerprint density at radius 3 is 2.47 bits per heavy atom. The molecule has 0 saturated carbocycles. The molecule has 2 fully saturated rings. The van der Waals surface area contributed by atoms with Crippen molar-refractivity contribution in [1.29, 1.82) is 0 Å². The summed E-state index contributed by atoms with van der Waals surface area (Å²) in [5.41, 5.74) is 0.698. The van der Waals surface area contributed by atoms with Gasteiger partial charge in [-0.2, -0.15) is 0 Å². The second-order valence-corrected chi connectivity index (χ2v) is 12.7. The molecule has 0 radical (unpaired) electrons. The van der Waals surface area contributed by atoms with Crippen LogP contribution in [0.5, 0.6) is 0 Å². The lowest BCUT2D eigenvalue weighted by atomic mass is 9.78. The first-order chi connectivity index (χ1) is 18.3. The molecule has 0 bridgehead atoms. The van der Waals surface area contributed by atoms with Crippen LogP contribution < -0.4 is 4.90 Å². The van der Waals surface area contributed by atoms with Gasteiger partial charge < -0.3 is 19.8 Å². The summed E-state index contributed by atoms with van der Waals surface area (Å²) in [6.45, 7) is 7.33. The summed E-state index contributed by atoms with van der Waals surface area (Å²) in [4.78, 5) is 48.1. The Hall–Kier alpha value is -2.29. The Morgan fingerprint density at radius 1 is 1.08 bits per heavy atom. The van der Waals surface area contributed by atoms with Crippen molar-refractivity contribution in [3.8, 4) is 0 Å². The normalized spacial score (nSPS) is 32.1. The first-order valence-electron chi connectivity index (χ1n) is 13.6. The third kappa shape index (κ3) is 4.20. The highest BCUT2D eigenvalue weighted by molar-refractivity contribution is 8.02. The third-order valence-corrected chi connectivity index (χ3v) is 10.7. The molecule has 5 rings (SSSR count). The van der Waals surface area contributed by atoms with E-state index in [2.05, 4.69) is 6.08 Å². The van der Waals surface area contributed by atoms with Gasteiger partial charge in [0.1, 0.15) is 6.04 Å². The van der Waals surface area contributed by atoms with Gasteiger partial charge in [-0.3, -0.25) is 14.4 Å². The number of aliphatic hydroxyl groups is 1. The zero-order valence-electron chi connectivity index (χ0n) is 22.1. The van der Waals surface area contributed by atoms with Crippen LogP contribution in [0.2, 0.25) is 5.02 Å². The number of nitrogens with zero attached hydrogens (tertiary/aromatic N) is 3. The van der Waals surface area contributed by atoms with Crippen LogP contribution in [0.15, 0.2) is 48.6 Å². The molecular weight excluding hydrogens is 522 g/mol. The van der Waals surface area contributed by atoms with Crippen molar-refractivity contribution in [3.63, 3.8) is 0 Å². The molecule has 1 spiro atoms. The van der Waals surface area contributed by atoms with Crippen LogP contribution in [0, 0.1) is 17.8 Å². The maximum absolute atomic E-state index is 14.5. The van der Waals surface area contributed by atoms with Gasteiger partial charge in [-0.1, -0.05) is 63.1 Å². The number of rotatable bonds is 7. The summed E-state index contributed by atoms with van der Waals surface area (Å²) in [7, 11) is 0. The van der Waals surface area contributed by atoms with Crippen LogP contribution in [-0.2, 0) is 14.4 Å². The third-order valence-electron chi connectivity index (χ3n) is 8.66. The summed E-state index contributed by atoms with van der Waals surface area (Å²) in [5, 5.41) is 10.9. The Morgan fingerprint density at radius 2 is 1.82 bits per heavy atom. The molecule has 38 heavy (non-hydrogen) atoms. The fourth-order valence-electron chi connectivity index (χ4n) is 6.62. The van der Waals surface area contributed by atoms with Gasteiger partial charge in [-0.05, 0) is 36.6 Å². The summed E-state index contributed by atoms with van der Waals surface area (Å²) in [6, 6.07) is 5.76. The van der Waals surface area contributed by atoms with Crippen molar-refractivity contribution >= 4 is 46.8 Å². The predicted octanol–water partition coefficient (Wildman–Crippen LogP) is 3.76. The van der Waals surface area contributed by atoms with E-state index in [0.29, 0.717) is 30.3 Å². The molecule has 7 atom stereocenters. The van der Waals surface area contributed by atoms with E-state index >= 15 is 0 Å². The number of hydrogen-bond acceptors (Lipinski definition) is 5. The molecule has 9 heteroatoms. The molecule has 3 amide bonds. The maximum Gasteiger partial charge on any atom is 0.251 e. The number of carbonyl (C=O) groups is 3. The van der Waals surface area contributed by atoms with Crippen LogP contribution in [0.1, 0.15) is 33.6 Å². The minimum Gasteiger partial charge on any atom is -0.394 e. The molecule has 0 aromatic heterocycles. The van der Waals surface area contributed by atoms with Crippen molar-refractivity contribution in [2.24, 2.45) is 17.8 Å². The first-order valence-corrected chi connectivity index (χ1v) is 14.9. The fourth-order valence-corrected chi connectivity index (χ4v) is 8.74. The smallest absolute Gasteiger partial charge is 0.251 e. The molecule has 204 valence electrons. The standard InChI is InChI=1S/C29H36ClN3O4S/c1-4-14-31-15-6-8-22-23(26(31)35)24-27(36)33(21(17-34)18(3)5-2)25-28(37)32(16-7-13-29(24,25)38-22)20-11-9-19(30)10-12-20/h6-13,18,21-25,34H,4-5,14-17H2,1-3H3/t18-,21-,22-,23+,24-,25?,29-/m0/s1. The van der Waals surface area contributed by atoms with Crippen LogP contribution in [0.25, 0.3) is 0 Å². The number of thioether (sulfide) groups is 1. The minimum absolute atomic E-state index is 0.0195. The average Bonchev–Trinajstić information content (AvgIpc) is 3.23. The van der Waals surface area contributed by atoms with Crippen molar-refractivity contribution in [2.75, 3.05) is 31.1 Å². The average molecular weight is 558 g/mol. The SMILES string of the molecule is CCCN1CC=C[C@@H]2S[C@]34C=CCN(c5ccc(Cl)cc5)C(=O)C3N([C@@H](CO)[C@@H](C)CC)C(=O)[C@@H]4[C@@H]2C1=O. The molecule has 4 heterocycles. The van der Waals surface area contributed by atoms with Gasteiger partial charge in [-0.15, -0.1) is 11.8 Å². The highest BCUT2D eigenvalue weighted by Crippen LogP contribution is 2.61. The van der Waals surface area contributed by atoms with Crippen LogP contribution in [0.4, 0.5) is 5.69 Å². The van der Waals surface area contributed by atoms with Crippen LogP contribution in [-0.4, -0.2) is 80.9 Å². The summed E-state index contributed by atoms with van der Waals surface area (Å²) < 4.78 is -0.902.